The van der Waals surface area contributed by atoms with Crippen molar-refractivity contribution in [3.63, 3.8) is 0 Å². The van der Waals surface area contributed by atoms with E-state index in [0.29, 0.717) is 43.4 Å². The van der Waals surface area contributed by atoms with Crippen molar-refractivity contribution in [2.24, 2.45) is 28.9 Å². The number of primary amides is 1. The molecule has 37 heavy (non-hydrogen) atoms. The minimum absolute atomic E-state index is 0.106. The first kappa shape index (κ1) is 28.3. The van der Waals surface area contributed by atoms with Gasteiger partial charge in [0.25, 0.3) is 5.91 Å². The number of aromatic nitrogens is 2. The Morgan fingerprint density at radius 3 is 2.65 bits per heavy atom. The fourth-order valence-corrected chi connectivity index (χ4v) is 4.97. The molecule has 3 rings (SSSR count). The molecule has 0 aliphatic heterocycles. The van der Waals surface area contributed by atoms with E-state index < -0.39 is 11.5 Å². The van der Waals surface area contributed by atoms with Gasteiger partial charge in [-0.3, -0.25) is 9.59 Å². The number of hydrogen-bond donors (Lipinski definition) is 3. The van der Waals surface area contributed by atoms with Crippen LogP contribution < -0.4 is 21.1 Å². The van der Waals surface area contributed by atoms with Crippen LogP contribution in [0.5, 0.6) is 5.88 Å². The van der Waals surface area contributed by atoms with Gasteiger partial charge in [0.05, 0.1) is 24.3 Å². The Hall–Kier alpha value is -3.30. The predicted octanol–water partition coefficient (Wildman–Crippen LogP) is 3.49. The van der Waals surface area contributed by atoms with E-state index in [1.165, 1.54) is 10.9 Å². The van der Waals surface area contributed by atoms with Crippen molar-refractivity contribution in [1.29, 1.82) is 0 Å². The Labute approximate surface area is 219 Å². The summed E-state index contributed by atoms with van der Waals surface area (Å²) in [6.07, 6.45) is 8.06. The zero-order chi connectivity index (χ0) is 27.3. The maximum Gasteiger partial charge on any atom is 0.404 e. The van der Waals surface area contributed by atoms with E-state index in [0.717, 1.165) is 12.0 Å². The third-order valence-electron chi connectivity index (χ3n) is 6.75. The fourth-order valence-electron chi connectivity index (χ4n) is 4.97. The molecule has 2 aliphatic rings. The molecular weight excluding hydrogens is 474 g/mol. The van der Waals surface area contributed by atoms with E-state index >= 15 is 0 Å². The molecule has 1 heterocycles. The largest absolute Gasteiger partial charge is 0.477 e. The number of nitrogens with zero attached hydrogens (tertiary/aromatic N) is 2. The highest BCUT2D eigenvalue weighted by atomic mass is 16.6. The lowest BCUT2D eigenvalue weighted by Crippen LogP contribution is -2.49. The molecule has 204 valence electrons. The molecule has 10 nitrogen and oxygen atoms in total. The average molecular weight is 516 g/mol. The van der Waals surface area contributed by atoms with Gasteiger partial charge < -0.3 is 25.8 Å². The third-order valence-corrected chi connectivity index (χ3v) is 6.75. The maximum absolute atomic E-state index is 13.5. The lowest BCUT2D eigenvalue weighted by molar-refractivity contribution is -0.127. The average Bonchev–Trinajstić information content (AvgIpc) is 3.20. The van der Waals surface area contributed by atoms with Gasteiger partial charge in [0.2, 0.25) is 11.8 Å². The van der Waals surface area contributed by atoms with E-state index in [4.69, 9.17) is 15.2 Å². The molecule has 0 radical (unpaired) electrons. The highest BCUT2D eigenvalue weighted by Crippen LogP contribution is 2.40. The lowest BCUT2D eigenvalue weighted by Gasteiger charge is -2.42. The highest BCUT2D eigenvalue weighted by molar-refractivity contribution is 5.97. The standard InChI is InChI=1S/C27H41N5O5/c1-7-29-25(34)27(5,6)8-9-32-24(36-15-16(2)3)21(14-30-32)23(33)31-22-18-10-17(4)11-19(22)13-20(12-18)37-26(28)35/h8-10,14,16-17,19-20,22H,7,11-13,15H2,1-6H3,(H2,28,35)(H,29,34)(H,31,33)/b9-8+/t17?,19?,20-,22-/m0/s1. The van der Waals surface area contributed by atoms with Crippen LogP contribution in [0.25, 0.3) is 6.20 Å². The van der Waals surface area contributed by atoms with Crippen molar-refractivity contribution in [2.75, 3.05) is 13.2 Å². The van der Waals surface area contributed by atoms with Gasteiger partial charge in [-0.2, -0.15) is 5.10 Å². The van der Waals surface area contributed by atoms with Crippen molar-refractivity contribution in [2.45, 2.75) is 73.0 Å². The molecule has 0 spiro atoms. The number of amides is 3. The highest BCUT2D eigenvalue weighted by Gasteiger charge is 2.40. The molecule has 10 heteroatoms. The normalized spacial score (nSPS) is 23.5. The van der Waals surface area contributed by atoms with Crippen LogP contribution in [0.15, 0.2) is 23.9 Å². The van der Waals surface area contributed by atoms with Crippen LogP contribution in [0, 0.1) is 23.2 Å². The second kappa shape index (κ2) is 11.8. The molecule has 1 fully saturated rings. The summed E-state index contributed by atoms with van der Waals surface area (Å²) in [5.41, 5.74) is 5.84. The Morgan fingerprint density at radius 2 is 2.03 bits per heavy atom. The van der Waals surface area contributed by atoms with Gasteiger partial charge in [-0.1, -0.05) is 32.9 Å². The van der Waals surface area contributed by atoms with Crippen molar-refractivity contribution in [3.8, 4) is 5.88 Å². The zero-order valence-corrected chi connectivity index (χ0v) is 22.7. The molecule has 2 bridgehead atoms. The van der Waals surface area contributed by atoms with Gasteiger partial charge in [-0.15, -0.1) is 0 Å². The Kier molecular flexibility index (Phi) is 9.04. The minimum Gasteiger partial charge on any atom is -0.477 e. The third kappa shape index (κ3) is 7.14. The molecule has 1 aromatic heterocycles. The molecule has 2 aliphatic carbocycles. The molecular formula is C27H41N5O5. The van der Waals surface area contributed by atoms with Crippen molar-refractivity contribution < 1.29 is 23.9 Å². The topological polar surface area (TPSA) is 138 Å². The summed E-state index contributed by atoms with van der Waals surface area (Å²) in [6.45, 7) is 12.6. The molecule has 2 unspecified atom stereocenters. The Bertz CT molecular complexity index is 1060. The summed E-state index contributed by atoms with van der Waals surface area (Å²) >= 11 is 0. The van der Waals surface area contributed by atoms with Gasteiger partial charge in [0.15, 0.2) is 0 Å². The smallest absolute Gasteiger partial charge is 0.404 e. The second-order valence-corrected chi connectivity index (χ2v) is 11.1. The Morgan fingerprint density at radius 1 is 1.30 bits per heavy atom. The van der Waals surface area contributed by atoms with Crippen LogP contribution in [0.2, 0.25) is 0 Å². The summed E-state index contributed by atoms with van der Waals surface area (Å²) in [5.74, 6) is 0.685. The quantitative estimate of drug-likeness (QED) is 0.408. The minimum atomic E-state index is -0.776. The summed E-state index contributed by atoms with van der Waals surface area (Å²) in [7, 11) is 0. The SMILES string of the molecule is CCNC(=O)C(C)(C)/C=C/n1ncc(C(=O)N[C@H]2C3=CC(C)CC2C[C@@H](OC(N)=O)C3)c1OCC(C)C. The van der Waals surface area contributed by atoms with Gasteiger partial charge in [0.1, 0.15) is 11.7 Å². The van der Waals surface area contributed by atoms with Crippen LogP contribution in [-0.2, 0) is 9.53 Å². The number of rotatable bonds is 10. The predicted molar refractivity (Wildman–Crippen MR) is 141 cm³/mol. The van der Waals surface area contributed by atoms with E-state index in [1.54, 1.807) is 12.3 Å². The van der Waals surface area contributed by atoms with Gasteiger partial charge in [0, 0.05) is 19.2 Å². The van der Waals surface area contributed by atoms with Gasteiger partial charge in [-0.25, -0.2) is 9.48 Å². The van der Waals surface area contributed by atoms with Crippen LogP contribution in [0.1, 0.15) is 71.2 Å². The summed E-state index contributed by atoms with van der Waals surface area (Å²) in [5, 5.41) is 10.4. The van der Waals surface area contributed by atoms with Crippen molar-refractivity contribution >= 4 is 24.1 Å². The number of nitrogens with two attached hydrogens (primary N) is 1. The summed E-state index contributed by atoms with van der Waals surface area (Å²) in [6, 6.07) is -0.162. The fraction of sp³-hybridized carbons (Fsp3) is 0.630. The summed E-state index contributed by atoms with van der Waals surface area (Å²) in [4.78, 5) is 37.2. The number of nitrogens with one attached hydrogen (secondary N) is 2. The van der Waals surface area contributed by atoms with Crippen molar-refractivity contribution in [1.82, 2.24) is 20.4 Å². The number of ether oxygens (including phenoxy) is 2. The monoisotopic (exact) mass is 515 g/mol. The van der Waals surface area contributed by atoms with E-state index in [1.807, 2.05) is 34.6 Å². The molecule has 0 saturated heterocycles. The second-order valence-electron chi connectivity index (χ2n) is 11.1. The first-order valence-corrected chi connectivity index (χ1v) is 13.1. The number of carbonyl (C=O) groups excluding carboxylic acids is 3. The molecule has 4 atom stereocenters. The van der Waals surface area contributed by atoms with E-state index in [9.17, 15) is 14.4 Å². The molecule has 0 aromatic carbocycles. The number of allylic oxidation sites excluding steroid dienone is 1. The number of carbonyl (C=O) groups is 3. The summed E-state index contributed by atoms with van der Waals surface area (Å²) < 4.78 is 12.8. The van der Waals surface area contributed by atoms with Crippen LogP contribution in [-0.4, -0.2) is 53.0 Å². The van der Waals surface area contributed by atoms with Crippen LogP contribution in [0.4, 0.5) is 4.79 Å². The first-order valence-electron chi connectivity index (χ1n) is 13.1. The number of hydrogen-bond acceptors (Lipinski definition) is 6. The molecule has 3 amide bonds. The Balaban J connectivity index is 1.83. The zero-order valence-electron chi connectivity index (χ0n) is 22.7. The lowest BCUT2D eigenvalue weighted by atomic mass is 9.70. The molecule has 1 saturated carbocycles. The van der Waals surface area contributed by atoms with Crippen molar-refractivity contribution in [3.05, 3.63) is 29.5 Å². The molecule has 1 aromatic rings. The van der Waals surface area contributed by atoms with E-state index in [-0.39, 0.29) is 35.8 Å². The van der Waals surface area contributed by atoms with E-state index in [2.05, 4.69) is 28.7 Å². The van der Waals surface area contributed by atoms with Gasteiger partial charge in [-0.05, 0) is 56.9 Å². The van der Waals surface area contributed by atoms with Gasteiger partial charge >= 0.3 is 6.09 Å². The molecule has 4 N–H and O–H groups in total. The van der Waals surface area contributed by atoms with Crippen LogP contribution >= 0.6 is 0 Å². The first-order chi connectivity index (χ1) is 17.4. The number of fused-ring (bicyclic) bond motifs is 2. The maximum atomic E-state index is 13.5. The van der Waals surface area contributed by atoms with Crippen LogP contribution in [0.3, 0.4) is 0 Å².